The van der Waals surface area contributed by atoms with Crippen molar-refractivity contribution in [3.05, 3.63) is 33.9 Å². The number of anilines is 1. The summed E-state index contributed by atoms with van der Waals surface area (Å²) in [7, 11) is 3.17. The molecule has 8 nitrogen and oxygen atoms in total. The maximum absolute atomic E-state index is 11.8. The van der Waals surface area contributed by atoms with E-state index in [0.717, 1.165) is 6.07 Å². The van der Waals surface area contributed by atoms with Crippen LogP contribution in [0.2, 0.25) is 0 Å². The highest BCUT2D eigenvalue weighted by atomic mass is 16.6. The number of rotatable bonds is 6. The first-order valence-corrected chi connectivity index (χ1v) is 6.24. The van der Waals surface area contributed by atoms with Gasteiger partial charge in [-0.15, -0.1) is 0 Å². The standard InChI is InChI=1S/C13H17N3O5/c1-4-15(8-12(17)14(2)3)11-7-9(16(20)21)5-6-10(11)13(18)19/h5-7H,4,8H2,1-3H3,(H,18,19). The van der Waals surface area contributed by atoms with E-state index in [2.05, 4.69) is 0 Å². The largest absolute Gasteiger partial charge is 0.478 e. The van der Waals surface area contributed by atoms with Crippen molar-refractivity contribution in [2.24, 2.45) is 0 Å². The fourth-order valence-electron chi connectivity index (χ4n) is 1.75. The van der Waals surface area contributed by atoms with Crippen molar-refractivity contribution in [1.82, 2.24) is 4.90 Å². The number of carboxylic acid groups (broad SMARTS) is 1. The Morgan fingerprint density at radius 3 is 2.38 bits per heavy atom. The molecule has 1 aromatic rings. The van der Waals surface area contributed by atoms with E-state index in [1.165, 1.54) is 21.9 Å². The van der Waals surface area contributed by atoms with E-state index in [-0.39, 0.29) is 29.4 Å². The van der Waals surface area contributed by atoms with Gasteiger partial charge in [0.25, 0.3) is 5.69 Å². The molecule has 0 saturated carbocycles. The van der Waals surface area contributed by atoms with E-state index in [0.29, 0.717) is 6.54 Å². The van der Waals surface area contributed by atoms with Crippen LogP contribution in [0, 0.1) is 10.1 Å². The molecule has 0 spiro atoms. The molecule has 21 heavy (non-hydrogen) atoms. The van der Waals surface area contributed by atoms with Crippen LogP contribution >= 0.6 is 0 Å². The number of carbonyl (C=O) groups is 2. The maximum Gasteiger partial charge on any atom is 0.337 e. The normalized spacial score (nSPS) is 10.0. The van der Waals surface area contributed by atoms with Crippen molar-refractivity contribution >= 4 is 23.3 Å². The fraction of sp³-hybridized carbons (Fsp3) is 0.385. The molecule has 1 rings (SSSR count). The van der Waals surface area contributed by atoms with Crippen LogP contribution in [0.1, 0.15) is 17.3 Å². The third-order valence-electron chi connectivity index (χ3n) is 2.97. The average molecular weight is 295 g/mol. The molecule has 0 fully saturated rings. The van der Waals surface area contributed by atoms with Crippen LogP contribution < -0.4 is 4.90 Å². The Morgan fingerprint density at radius 2 is 1.95 bits per heavy atom. The number of carboxylic acids is 1. The summed E-state index contributed by atoms with van der Waals surface area (Å²) in [5, 5.41) is 20.0. The van der Waals surface area contributed by atoms with E-state index in [1.807, 2.05) is 0 Å². The van der Waals surface area contributed by atoms with Gasteiger partial charge < -0.3 is 14.9 Å². The highest BCUT2D eigenvalue weighted by Gasteiger charge is 2.21. The summed E-state index contributed by atoms with van der Waals surface area (Å²) in [5.41, 5.74) is -0.130. The van der Waals surface area contributed by atoms with Crippen LogP contribution in [0.3, 0.4) is 0 Å². The number of non-ortho nitro benzene ring substituents is 1. The van der Waals surface area contributed by atoms with E-state index in [9.17, 15) is 24.8 Å². The van der Waals surface area contributed by atoms with Crippen LogP contribution in [0.5, 0.6) is 0 Å². The molecule has 1 aromatic carbocycles. The third-order valence-corrected chi connectivity index (χ3v) is 2.97. The molecule has 0 aliphatic carbocycles. The molecular weight excluding hydrogens is 278 g/mol. The first-order chi connectivity index (χ1) is 9.77. The highest BCUT2D eigenvalue weighted by molar-refractivity contribution is 5.96. The molecule has 1 amide bonds. The molecule has 0 bridgehead atoms. The number of benzene rings is 1. The van der Waals surface area contributed by atoms with E-state index < -0.39 is 10.9 Å². The molecule has 0 atom stereocenters. The number of amides is 1. The second-order valence-corrected chi connectivity index (χ2v) is 4.57. The minimum absolute atomic E-state index is 0.0506. The van der Waals surface area contributed by atoms with Crippen molar-refractivity contribution in [3.63, 3.8) is 0 Å². The van der Waals surface area contributed by atoms with Gasteiger partial charge in [0, 0.05) is 32.8 Å². The summed E-state index contributed by atoms with van der Waals surface area (Å²) in [4.78, 5) is 36.2. The second kappa shape index (κ2) is 6.69. The lowest BCUT2D eigenvalue weighted by atomic mass is 10.1. The minimum atomic E-state index is -1.20. The lowest BCUT2D eigenvalue weighted by Gasteiger charge is -2.25. The van der Waals surface area contributed by atoms with Gasteiger partial charge in [0.05, 0.1) is 22.7 Å². The van der Waals surface area contributed by atoms with Gasteiger partial charge in [-0.05, 0) is 13.0 Å². The van der Waals surface area contributed by atoms with Gasteiger partial charge in [-0.1, -0.05) is 0 Å². The van der Waals surface area contributed by atoms with Crippen molar-refractivity contribution in [2.75, 3.05) is 32.1 Å². The summed E-state index contributed by atoms with van der Waals surface area (Å²) < 4.78 is 0. The Bertz CT molecular complexity index is 571. The number of nitro groups is 1. The number of hydrogen-bond acceptors (Lipinski definition) is 5. The van der Waals surface area contributed by atoms with Gasteiger partial charge in [0.1, 0.15) is 0 Å². The van der Waals surface area contributed by atoms with Gasteiger partial charge in [0.2, 0.25) is 5.91 Å². The summed E-state index contributed by atoms with van der Waals surface area (Å²) in [6, 6.07) is 3.49. The zero-order valence-corrected chi connectivity index (χ0v) is 12.1. The summed E-state index contributed by atoms with van der Waals surface area (Å²) in [5.74, 6) is -1.42. The van der Waals surface area contributed by atoms with Crippen molar-refractivity contribution in [1.29, 1.82) is 0 Å². The van der Waals surface area contributed by atoms with Crippen molar-refractivity contribution in [2.45, 2.75) is 6.92 Å². The molecule has 0 aliphatic rings. The molecule has 8 heteroatoms. The quantitative estimate of drug-likeness (QED) is 0.625. The monoisotopic (exact) mass is 295 g/mol. The Kier molecular flexibility index (Phi) is 5.23. The molecule has 0 aliphatic heterocycles. The smallest absolute Gasteiger partial charge is 0.337 e. The predicted molar refractivity (Wildman–Crippen MR) is 76.6 cm³/mol. The van der Waals surface area contributed by atoms with E-state index >= 15 is 0 Å². The topological polar surface area (TPSA) is 104 Å². The molecule has 0 heterocycles. The molecule has 0 unspecified atom stereocenters. The number of likely N-dealkylation sites (N-methyl/N-ethyl adjacent to an activating group) is 2. The Morgan fingerprint density at radius 1 is 1.33 bits per heavy atom. The number of hydrogen-bond donors (Lipinski definition) is 1. The van der Waals surface area contributed by atoms with Gasteiger partial charge in [-0.25, -0.2) is 4.79 Å². The second-order valence-electron chi connectivity index (χ2n) is 4.57. The van der Waals surface area contributed by atoms with E-state index in [1.54, 1.807) is 21.0 Å². The molecule has 1 N–H and O–H groups in total. The fourth-order valence-corrected chi connectivity index (χ4v) is 1.75. The number of nitrogens with zero attached hydrogens (tertiary/aromatic N) is 3. The Balaban J connectivity index is 3.27. The van der Waals surface area contributed by atoms with Gasteiger partial charge in [-0.3, -0.25) is 14.9 Å². The number of nitro benzene ring substituents is 1. The molecule has 0 radical (unpaired) electrons. The number of carbonyl (C=O) groups excluding carboxylic acids is 1. The van der Waals surface area contributed by atoms with Gasteiger partial charge in [-0.2, -0.15) is 0 Å². The van der Waals surface area contributed by atoms with Crippen LogP contribution in [0.25, 0.3) is 0 Å². The predicted octanol–water partition coefficient (Wildman–Crippen LogP) is 1.21. The van der Waals surface area contributed by atoms with Crippen LogP contribution in [0.15, 0.2) is 18.2 Å². The first kappa shape index (κ1) is 16.4. The summed E-state index contributed by atoms with van der Waals surface area (Å²) in [6.07, 6.45) is 0. The van der Waals surface area contributed by atoms with Crippen LogP contribution in [-0.4, -0.2) is 54.0 Å². The minimum Gasteiger partial charge on any atom is -0.478 e. The lowest BCUT2D eigenvalue weighted by molar-refractivity contribution is -0.384. The van der Waals surface area contributed by atoms with Crippen molar-refractivity contribution < 1.29 is 19.6 Å². The first-order valence-electron chi connectivity index (χ1n) is 6.24. The third kappa shape index (κ3) is 3.91. The van der Waals surface area contributed by atoms with Crippen LogP contribution in [-0.2, 0) is 4.79 Å². The molecule has 0 aromatic heterocycles. The number of aromatic carboxylic acids is 1. The zero-order chi connectivity index (χ0) is 16.2. The Labute approximate surface area is 121 Å². The molecule has 114 valence electrons. The zero-order valence-electron chi connectivity index (χ0n) is 12.1. The van der Waals surface area contributed by atoms with Crippen LogP contribution in [0.4, 0.5) is 11.4 Å². The van der Waals surface area contributed by atoms with Crippen molar-refractivity contribution in [3.8, 4) is 0 Å². The van der Waals surface area contributed by atoms with Gasteiger partial charge in [0.15, 0.2) is 0 Å². The molecular formula is C13H17N3O5. The summed E-state index contributed by atoms with van der Waals surface area (Å²) in [6.45, 7) is 2.04. The lowest BCUT2D eigenvalue weighted by Crippen LogP contribution is -2.37. The Hall–Kier alpha value is -2.64. The maximum atomic E-state index is 11.8. The average Bonchev–Trinajstić information content (AvgIpc) is 2.43. The highest BCUT2D eigenvalue weighted by Crippen LogP contribution is 2.26. The molecule has 0 saturated heterocycles. The van der Waals surface area contributed by atoms with Gasteiger partial charge >= 0.3 is 5.97 Å². The van der Waals surface area contributed by atoms with E-state index in [4.69, 9.17) is 0 Å². The SMILES string of the molecule is CCN(CC(=O)N(C)C)c1cc([N+](=O)[O-])ccc1C(=O)O. The summed E-state index contributed by atoms with van der Waals surface area (Å²) >= 11 is 0.